The summed E-state index contributed by atoms with van der Waals surface area (Å²) in [5, 5.41) is 12.9. The first kappa shape index (κ1) is 23.3. The van der Waals surface area contributed by atoms with Gasteiger partial charge in [-0.25, -0.2) is 27.1 Å². The molecule has 170 valence electrons. The van der Waals surface area contributed by atoms with Gasteiger partial charge in [0.2, 0.25) is 20.0 Å². The maximum Gasteiger partial charge on any atom is 0.212 e. The predicted molar refractivity (Wildman–Crippen MR) is 113 cm³/mol. The molecule has 29 heavy (non-hydrogen) atoms. The third-order valence-electron chi connectivity index (χ3n) is 6.72. The number of hydrogen-bond acceptors (Lipinski definition) is 8. The highest BCUT2D eigenvalue weighted by atomic mass is 32.2. The molecule has 4 aliphatic rings. The van der Waals surface area contributed by atoms with E-state index in [2.05, 4.69) is 27.1 Å². The van der Waals surface area contributed by atoms with Gasteiger partial charge in [0, 0.05) is 38.3 Å². The summed E-state index contributed by atoms with van der Waals surface area (Å²) < 4.78 is 44.5. The van der Waals surface area contributed by atoms with Crippen LogP contribution >= 0.6 is 0 Å². The fourth-order valence-corrected chi connectivity index (χ4v) is 6.30. The van der Waals surface area contributed by atoms with Crippen LogP contribution in [0.15, 0.2) is 0 Å². The molecule has 10 nitrogen and oxygen atoms in total. The molecule has 4 fully saturated rings. The van der Waals surface area contributed by atoms with Gasteiger partial charge in [0.1, 0.15) is 0 Å². The fraction of sp³-hybridized carbons (Fsp3) is 1.00. The molecule has 0 aromatic carbocycles. The minimum atomic E-state index is -3.31. The molecule has 0 amide bonds. The molecule has 4 heterocycles. The number of piperidine rings is 2. The molecule has 0 atom stereocenters. The van der Waals surface area contributed by atoms with Gasteiger partial charge < -0.3 is 10.2 Å². The van der Waals surface area contributed by atoms with Gasteiger partial charge in [-0.2, -0.15) is 0 Å². The van der Waals surface area contributed by atoms with Crippen molar-refractivity contribution in [2.45, 2.75) is 48.3 Å². The lowest BCUT2D eigenvalue weighted by Gasteiger charge is -2.46. The van der Waals surface area contributed by atoms with E-state index in [9.17, 15) is 16.8 Å². The first-order valence-corrected chi connectivity index (χ1v) is 13.7. The van der Waals surface area contributed by atoms with E-state index < -0.39 is 20.0 Å². The number of nitrogens with zero attached hydrogens (tertiary/aromatic N) is 3. The monoisotopic (exact) mass is 452 g/mol. The van der Waals surface area contributed by atoms with Crippen LogP contribution in [0.4, 0.5) is 0 Å². The van der Waals surface area contributed by atoms with E-state index >= 15 is 0 Å². The van der Waals surface area contributed by atoms with Gasteiger partial charge in [-0.05, 0) is 58.9 Å². The van der Waals surface area contributed by atoms with Crippen LogP contribution in [0.5, 0.6) is 0 Å². The van der Waals surface area contributed by atoms with Crippen molar-refractivity contribution >= 4 is 20.0 Å². The zero-order valence-corrected chi connectivity index (χ0v) is 18.9. The normalized spacial score (nSPS) is 27.7. The Bertz CT molecular complexity index is 736. The van der Waals surface area contributed by atoms with Crippen molar-refractivity contribution in [3.63, 3.8) is 0 Å². The van der Waals surface area contributed by atoms with Crippen LogP contribution in [0, 0.1) is 0 Å². The zero-order chi connectivity index (χ0) is 21.2. The van der Waals surface area contributed by atoms with Gasteiger partial charge >= 0.3 is 0 Å². The third-order valence-corrected chi connectivity index (χ3v) is 9.52. The molecule has 0 spiro atoms. The number of nitrogens with two attached hydrogens (primary N) is 2. The number of hydrogen-bond donors (Lipinski definition) is 3. The van der Waals surface area contributed by atoms with Crippen LogP contribution in [-0.4, -0.2) is 114 Å². The average molecular weight is 453 g/mol. The number of likely N-dealkylation sites (tertiary alicyclic amines) is 3. The Hall–Kier alpha value is -0.340. The van der Waals surface area contributed by atoms with Crippen LogP contribution in [-0.2, 0) is 20.0 Å². The molecule has 0 bridgehead atoms. The fourth-order valence-electron chi connectivity index (χ4n) is 4.57. The number of nitrogens with one attached hydrogen (secondary N) is 1. The third kappa shape index (κ3) is 6.33. The Kier molecular flexibility index (Phi) is 7.58. The van der Waals surface area contributed by atoms with Gasteiger partial charge in [0.25, 0.3) is 0 Å². The van der Waals surface area contributed by atoms with Gasteiger partial charge in [0.05, 0.1) is 10.5 Å². The number of sulfonamides is 2. The van der Waals surface area contributed by atoms with E-state index in [0.29, 0.717) is 37.8 Å². The molecule has 4 saturated heterocycles. The van der Waals surface area contributed by atoms with Gasteiger partial charge in [-0.15, -0.1) is 0 Å². The highest BCUT2D eigenvalue weighted by Crippen LogP contribution is 2.21. The Balaban J connectivity index is 0.000000166. The second-order valence-electron chi connectivity index (χ2n) is 8.84. The van der Waals surface area contributed by atoms with Crippen molar-refractivity contribution in [2.75, 3.05) is 59.4 Å². The van der Waals surface area contributed by atoms with Crippen molar-refractivity contribution in [3.8, 4) is 0 Å². The SMILES string of the molecule is CN1CC(N2CCC(S(N)(=O)=O)CC2)C1.NS(=O)(=O)C1CCN(C2CNC2)CC1. The van der Waals surface area contributed by atoms with E-state index in [4.69, 9.17) is 10.3 Å². The van der Waals surface area contributed by atoms with Crippen LogP contribution in [0.25, 0.3) is 0 Å². The Morgan fingerprint density at radius 2 is 1.10 bits per heavy atom. The van der Waals surface area contributed by atoms with Crippen LogP contribution < -0.4 is 15.6 Å². The van der Waals surface area contributed by atoms with Gasteiger partial charge in [-0.1, -0.05) is 0 Å². The van der Waals surface area contributed by atoms with Crippen LogP contribution in [0.1, 0.15) is 25.7 Å². The van der Waals surface area contributed by atoms with E-state index in [-0.39, 0.29) is 10.5 Å². The molecule has 4 aliphatic heterocycles. The first-order valence-electron chi connectivity index (χ1n) is 10.4. The summed E-state index contributed by atoms with van der Waals surface area (Å²) in [6.45, 7) is 7.79. The number of primary sulfonamides is 2. The molecule has 0 unspecified atom stereocenters. The molecule has 12 heteroatoms. The van der Waals surface area contributed by atoms with E-state index in [0.717, 1.165) is 52.4 Å². The minimum absolute atomic E-state index is 0.313. The lowest BCUT2D eigenvalue weighted by Crippen LogP contribution is -2.60. The summed E-state index contributed by atoms with van der Waals surface area (Å²) in [4.78, 5) is 7.02. The predicted octanol–water partition coefficient (Wildman–Crippen LogP) is -2.24. The maximum absolute atomic E-state index is 11.1. The first-order chi connectivity index (χ1) is 13.5. The second kappa shape index (κ2) is 9.43. The zero-order valence-electron chi connectivity index (χ0n) is 17.2. The molecular weight excluding hydrogens is 416 g/mol. The molecule has 0 aromatic heterocycles. The molecule has 0 aliphatic carbocycles. The highest BCUT2D eigenvalue weighted by Gasteiger charge is 2.34. The van der Waals surface area contributed by atoms with Crippen LogP contribution in [0.3, 0.4) is 0 Å². The molecule has 0 saturated carbocycles. The molecule has 0 radical (unpaired) electrons. The summed E-state index contributed by atoms with van der Waals surface area (Å²) >= 11 is 0. The van der Waals surface area contributed by atoms with Crippen LogP contribution in [0.2, 0.25) is 0 Å². The summed E-state index contributed by atoms with van der Waals surface area (Å²) in [6, 6.07) is 1.26. The minimum Gasteiger partial charge on any atom is -0.314 e. The number of likely N-dealkylation sites (N-methyl/N-ethyl adjacent to an activating group) is 1. The van der Waals surface area contributed by atoms with Gasteiger partial charge in [0.15, 0.2) is 0 Å². The maximum atomic E-state index is 11.1. The molecule has 4 rings (SSSR count). The van der Waals surface area contributed by atoms with Crippen molar-refractivity contribution in [2.24, 2.45) is 10.3 Å². The average Bonchev–Trinajstić information content (AvgIpc) is 2.57. The van der Waals surface area contributed by atoms with E-state index in [1.807, 2.05) is 0 Å². The molecule has 0 aromatic rings. The molecular formula is C17H36N6O4S2. The van der Waals surface area contributed by atoms with Crippen molar-refractivity contribution in [3.05, 3.63) is 0 Å². The summed E-state index contributed by atoms with van der Waals surface area (Å²) in [6.07, 6.45) is 2.77. The Labute approximate surface area is 175 Å². The Morgan fingerprint density at radius 3 is 1.38 bits per heavy atom. The lowest BCUT2D eigenvalue weighted by molar-refractivity contribution is 0.0407. The summed E-state index contributed by atoms with van der Waals surface area (Å²) in [5.41, 5.74) is 0. The smallest absolute Gasteiger partial charge is 0.212 e. The van der Waals surface area contributed by atoms with Crippen molar-refractivity contribution in [1.82, 2.24) is 20.0 Å². The second-order valence-corrected chi connectivity index (χ2v) is 12.5. The quantitative estimate of drug-likeness (QED) is 0.435. The summed E-state index contributed by atoms with van der Waals surface area (Å²) in [5.74, 6) is 0. The van der Waals surface area contributed by atoms with E-state index in [1.165, 1.54) is 0 Å². The number of rotatable bonds is 4. The topological polar surface area (TPSA) is 142 Å². The van der Waals surface area contributed by atoms with Crippen molar-refractivity contribution < 1.29 is 16.8 Å². The Morgan fingerprint density at radius 1 is 0.724 bits per heavy atom. The highest BCUT2D eigenvalue weighted by molar-refractivity contribution is 7.90. The summed E-state index contributed by atoms with van der Waals surface area (Å²) in [7, 11) is -4.51. The molecule has 5 N–H and O–H groups in total. The largest absolute Gasteiger partial charge is 0.314 e. The van der Waals surface area contributed by atoms with Gasteiger partial charge in [-0.3, -0.25) is 9.80 Å². The van der Waals surface area contributed by atoms with E-state index in [1.54, 1.807) is 0 Å². The standard InChI is InChI=1S/C9H19N3O2S.C8H17N3O2S/c1-11-6-8(7-11)12-4-2-9(3-5-12)15(10,13)14;9-14(12,13)8-1-3-11(4-2-8)7-5-10-6-7/h8-9H,2-7H2,1H3,(H2,10,13,14);7-8,10H,1-6H2,(H2,9,12,13). The van der Waals surface area contributed by atoms with Crippen molar-refractivity contribution in [1.29, 1.82) is 0 Å². The lowest BCUT2D eigenvalue weighted by atomic mass is 10.0.